The lowest BCUT2D eigenvalue weighted by Crippen LogP contribution is -2.15. The standard InChI is InChI=1S/C24H38O8/c1-2-3-4-5-6-24(26)32-20-18-30-16-14-28-12-11-27-13-15-29-17-19-31-23-9-7-22(21-25)8-10-23/h7-10,21H,2-6,11-20H2,1H3. The Morgan fingerprint density at radius 3 is 1.78 bits per heavy atom. The molecular weight excluding hydrogens is 416 g/mol. The number of benzene rings is 1. The van der Waals surface area contributed by atoms with Crippen molar-refractivity contribution in [1.82, 2.24) is 0 Å². The zero-order valence-electron chi connectivity index (χ0n) is 19.3. The first-order valence-electron chi connectivity index (χ1n) is 11.4. The maximum absolute atomic E-state index is 11.5. The monoisotopic (exact) mass is 454 g/mol. The van der Waals surface area contributed by atoms with Gasteiger partial charge in [-0.2, -0.15) is 0 Å². The second-order valence-electron chi connectivity index (χ2n) is 7.02. The lowest BCUT2D eigenvalue weighted by molar-refractivity contribution is -0.145. The number of carbonyl (C=O) groups excluding carboxylic acids is 2. The number of hydrogen-bond acceptors (Lipinski definition) is 8. The van der Waals surface area contributed by atoms with Crippen LogP contribution >= 0.6 is 0 Å². The van der Waals surface area contributed by atoms with E-state index in [1.165, 1.54) is 0 Å². The molecule has 182 valence electrons. The molecule has 0 spiro atoms. The fourth-order valence-corrected chi connectivity index (χ4v) is 2.61. The van der Waals surface area contributed by atoms with Crippen LogP contribution in [0.25, 0.3) is 0 Å². The second-order valence-corrected chi connectivity index (χ2v) is 7.02. The molecule has 0 saturated carbocycles. The molecule has 0 aliphatic heterocycles. The predicted octanol–water partition coefficient (Wildman–Crippen LogP) is 3.46. The molecule has 0 unspecified atom stereocenters. The van der Waals surface area contributed by atoms with Gasteiger partial charge in [-0.3, -0.25) is 9.59 Å². The Morgan fingerprint density at radius 1 is 0.719 bits per heavy atom. The first-order chi connectivity index (χ1) is 15.8. The van der Waals surface area contributed by atoms with E-state index in [2.05, 4.69) is 6.92 Å². The number of unbranched alkanes of at least 4 members (excludes halogenated alkanes) is 3. The van der Waals surface area contributed by atoms with E-state index in [4.69, 9.17) is 28.4 Å². The zero-order valence-corrected chi connectivity index (χ0v) is 19.3. The minimum Gasteiger partial charge on any atom is -0.491 e. The minimum atomic E-state index is -0.153. The number of hydrogen-bond donors (Lipinski definition) is 0. The average molecular weight is 455 g/mol. The van der Waals surface area contributed by atoms with Crippen molar-refractivity contribution in [3.8, 4) is 5.75 Å². The second kappa shape index (κ2) is 20.9. The highest BCUT2D eigenvalue weighted by atomic mass is 16.6. The van der Waals surface area contributed by atoms with E-state index in [0.717, 1.165) is 32.0 Å². The normalized spacial score (nSPS) is 10.8. The van der Waals surface area contributed by atoms with Gasteiger partial charge in [-0.1, -0.05) is 26.2 Å². The van der Waals surface area contributed by atoms with Crippen LogP contribution in [-0.2, 0) is 28.5 Å². The van der Waals surface area contributed by atoms with Gasteiger partial charge in [0.2, 0.25) is 0 Å². The molecule has 1 rings (SSSR count). The summed E-state index contributed by atoms with van der Waals surface area (Å²) in [5, 5.41) is 0. The van der Waals surface area contributed by atoms with E-state index in [-0.39, 0.29) is 12.6 Å². The van der Waals surface area contributed by atoms with Gasteiger partial charge in [0, 0.05) is 12.0 Å². The Hall–Kier alpha value is -2.00. The van der Waals surface area contributed by atoms with Crippen LogP contribution in [0.5, 0.6) is 5.75 Å². The number of esters is 1. The summed E-state index contributed by atoms with van der Waals surface area (Å²) in [5.74, 6) is 0.551. The molecule has 8 heteroatoms. The summed E-state index contributed by atoms with van der Waals surface area (Å²) in [6, 6.07) is 6.92. The topological polar surface area (TPSA) is 89.5 Å². The van der Waals surface area contributed by atoms with Gasteiger partial charge in [0.25, 0.3) is 0 Å². The fourth-order valence-electron chi connectivity index (χ4n) is 2.61. The quantitative estimate of drug-likeness (QED) is 0.150. The molecule has 0 saturated heterocycles. The largest absolute Gasteiger partial charge is 0.491 e. The van der Waals surface area contributed by atoms with Crippen molar-refractivity contribution < 1.29 is 38.0 Å². The van der Waals surface area contributed by atoms with Gasteiger partial charge in [0.15, 0.2) is 0 Å². The summed E-state index contributed by atoms with van der Waals surface area (Å²) in [4.78, 5) is 22.1. The van der Waals surface area contributed by atoms with Crippen LogP contribution < -0.4 is 4.74 Å². The number of rotatable bonds is 22. The lowest BCUT2D eigenvalue weighted by atomic mass is 10.2. The minimum absolute atomic E-state index is 0.153. The number of carbonyl (C=O) groups is 2. The summed E-state index contributed by atoms with van der Waals surface area (Å²) in [6.45, 7) is 6.55. The Balaban J connectivity index is 1.75. The first-order valence-corrected chi connectivity index (χ1v) is 11.4. The van der Waals surface area contributed by atoms with E-state index < -0.39 is 0 Å². The fraction of sp³-hybridized carbons (Fsp3) is 0.667. The van der Waals surface area contributed by atoms with Crippen LogP contribution in [-0.4, -0.2) is 78.3 Å². The summed E-state index contributed by atoms with van der Waals surface area (Å²) in [5.41, 5.74) is 0.619. The highest BCUT2D eigenvalue weighted by Crippen LogP contribution is 2.10. The van der Waals surface area contributed by atoms with Crippen LogP contribution in [0.2, 0.25) is 0 Å². The molecule has 0 atom stereocenters. The Kier molecular flexibility index (Phi) is 18.3. The smallest absolute Gasteiger partial charge is 0.305 e. The zero-order chi connectivity index (χ0) is 23.1. The van der Waals surface area contributed by atoms with Gasteiger partial charge in [0.1, 0.15) is 25.2 Å². The summed E-state index contributed by atoms with van der Waals surface area (Å²) < 4.78 is 32.2. The van der Waals surface area contributed by atoms with Crippen molar-refractivity contribution in [1.29, 1.82) is 0 Å². The highest BCUT2D eigenvalue weighted by molar-refractivity contribution is 5.74. The summed E-state index contributed by atoms with van der Waals surface area (Å²) >= 11 is 0. The number of aldehydes is 1. The molecule has 0 bridgehead atoms. The maximum Gasteiger partial charge on any atom is 0.305 e. The van der Waals surface area contributed by atoms with Gasteiger partial charge >= 0.3 is 5.97 Å². The third kappa shape index (κ3) is 16.7. The molecule has 1 aromatic rings. The molecule has 0 aromatic heterocycles. The maximum atomic E-state index is 11.5. The summed E-state index contributed by atoms with van der Waals surface area (Å²) in [7, 11) is 0. The third-order valence-corrected chi connectivity index (χ3v) is 4.35. The first kappa shape index (κ1) is 28.0. The Morgan fingerprint density at radius 2 is 1.25 bits per heavy atom. The molecule has 32 heavy (non-hydrogen) atoms. The molecule has 0 fully saturated rings. The Labute approximate surface area is 191 Å². The van der Waals surface area contributed by atoms with E-state index >= 15 is 0 Å². The van der Waals surface area contributed by atoms with Gasteiger partial charge in [0.05, 0.1) is 52.9 Å². The van der Waals surface area contributed by atoms with Crippen molar-refractivity contribution in [2.24, 2.45) is 0 Å². The third-order valence-electron chi connectivity index (χ3n) is 4.35. The summed E-state index contributed by atoms with van der Waals surface area (Å²) in [6.07, 6.45) is 5.56. The van der Waals surface area contributed by atoms with E-state index in [0.29, 0.717) is 77.2 Å². The van der Waals surface area contributed by atoms with Crippen LogP contribution in [0.15, 0.2) is 24.3 Å². The SMILES string of the molecule is CCCCCCC(=O)OCCOCCOCCOCCOCCOc1ccc(C=O)cc1. The van der Waals surface area contributed by atoms with Gasteiger partial charge < -0.3 is 28.4 Å². The van der Waals surface area contributed by atoms with E-state index in [9.17, 15) is 9.59 Å². The molecule has 0 aliphatic carbocycles. The van der Waals surface area contributed by atoms with Crippen LogP contribution in [0.4, 0.5) is 0 Å². The molecule has 8 nitrogen and oxygen atoms in total. The average Bonchev–Trinajstić information content (AvgIpc) is 2.82. The van der Waals surface area contributed by atoms with Crippen LogP contribution in [0.1, 0.15) is 49.4 Å². The molecule has 0 heterocycles. The van der Waals surface area contributed by atoms with Crippen molar-refractivity contribution in [3.05, 3.63) is 29.8 Å². The molecule has 0 N–H and O–H groups in total. The number of ether oxygens (including phenoxy) is 6. The molecule has 1 aromatic carbocycles. The lowest BCUT2D eigenvalue weighted by Gasteiger charge is -2.09. The molecule has 0 amide bonds. The van der Waals surface area contributed by atoms with Gasteiger partial charge in [-0.25, -0.2) is 0 Å². The van der Waals surface area contributed by atoms with Crippen LogP contribution in [0, 0.1) is 0 Å². The van der Waals surface area contributed by atoms with Crippen LogP contribution in [0.3, 0.4) is 0 Å². The van der Waals surface area contributed by atoms with Crippen molar-refractivity contribution >= 4 is 12.3 Å². The van der Waals surface area contributed by atoms with Crippen molar-refractivity contribution in [2.45, 2.75) is 39.0 Å². The molecule has 0 radical (unpaired) electrons. The van der Waals surface area contributed by atoms with Gasteiger partial charge in [-0.05, 0) is 30.7 Å². The van der Waals surface area contributed by atoms with Gasteiger partial charge in [-0.15, -0.1) is 0 Å². The van der Waals surface area contributed by atoms with E-state index in [1.807, 2.05) is 0 Å². The highest BCUT2D eigenvalue weighted by Gasteiger charge is 2.02. The van der Waals surface area contributed by atoms with Crippen molar-refractivity contribution in [2.75, 3.05) is 66.1 Å². The predicted molar refractivity (Wildman–Crippen MR) is 120 cm³/mol. The Bertz CT molecular complexity index is 576. The molecule has 0 aliphatic rings. The van der Waals surface area contributed by atoms with Crippen molar-refractivity contribution in [3.63, 3.8) is 0 Å². The van der Waals surface area contributed by atoms with E-state index in [1.54, 1.807) is 24.3 Å². The molecular formula is C24H38O8.